The van der Waals surface area contributed by atoms with Crippen LogP contribution in [0.4, 0.5) is 0 Å². The first-order valence-corrected chi connectivity index (χ1v) is 6.80. The Morgan fingerprint density at radius 3 is 2.89 bits per heavy atom. The van der Waals surface area contributed by atoms with Gasteiger partial charge in [-0.15, -0.1) is 0 Å². The number of aliphatic hydroxyl groups is 1. The summed E-state index contributed by atoms with van der Waals surface area (Å²) in [7, 11) is 3.82. The number of halogens is 1. The van der Waals surface area contributed by atoms with Crippen LogP contribution in [-0.2, 0) is 13.6 Å². The molecule has 102 valence electrons. The van der Waals surface area contributed by atoms with Crippen molar-refractivity contribution in [2.24, 2.45) is 7.05 Å². The lowest BCUT2D eigenvalue weighted by Crippen LogP contribution is -2.25. The van der Waals surface area contributed by atoms with E-state index in [0.29, 0.717) is 13.1 Å². The highest BCUT2D eigenvalue weighted by Gasteiger charge is 2.12. The number of rotatable bonds is 5. The molecule has 6 heteroatoms. The molecule has 0 fully saturated rings. The molecule has 0 aliphatic carbocycles. The van der Waals surface area contributed by atoms with Gasteiger partial charge in [0.1, 0.15) is 12.2 Å². The monoisotopic (exact) mass is 324 g/mol. The number of nitrogens with zero attached hydrogens (tertiary/aromatic N) is 4. The molecule has 0 spiro atoms. The molecular weight excluding hydrogens is 308 g/mol. The summed E-state index contributed by atoms with van der Waals surface area (Å²) in [6, 6.07) is 7.72. The first-order chi connectivity index (χ1) is 9.06. The van der Waals surface area contributed by atoms with Gasteiger partial charge < -0.3 is 5.11 Å². The number of hydrogen-bond donors (Lipinski definition) is 1. The fourth-order valence-corrected chi connectivity index (χ4v) is 2.30. The summed E-state index contributed by atoms with van der Waals surface area (Å²) >= 11 is 3.41. The van der Waals surface area contributed by atoms with E-state index in [9.17, 15) is 5.11 Å². The van der Waals surface area contributed by atoms with Gasteiger partial charge in [-0.2, -0.15) is 5.10 Å². The van der Waals surface area contributed by atoms with Crippen LogP contribution < -0.4 is 0 Å². The van der Waals surface area contributed by atoms with Crippen LogP contribution in [0.25, 0.3) is 0 Å². The van der Waals surface area contributed by atoms with Crippen LogP contribution in [0.5, 0.6) is 0 Å². The van der Waals surface area contributed by atoms with Gasteiger partial charge in [0.25, 0.3) is 0 Å². The first-order valence-electron chi connectivity index (χ1n) is 6.01. The second-order valence-electron chi connectivity index (χ2n) is 4.57. The Kier molecular flexibility index (Phi) is 4.68. The van der Waals surface area contributed by atoms with E-state index in [4.69, 9.17) is 0 Å². The summed E-state index contributed by atoms with van der Waals surface area (Å²) in [5.74, 6) is 0.879. The van der Waals surface area contributed by atoms with Gasteiger partial charge in [0, 0.05) is 18.1 Å². The van der Waals surface area contributed by atoms with Crippen molar-refractivity contribution in [3.05, 3.63) is 46.5 Å². The van der Waals surface area contributed by atoms with Gasteiger partial charge >= 0.3 is 0 Å². The molecule has 1 aromatic carbocycles. The molecule has 1 heterocycles. The summed E-state index contributed by atoms with van der Waals surface area (Å²) in [4.78, 5) is 6.19. The largest absolute Gasteiger partial charge is 0.387 e. The highest BCUT2D eigenvalue weighted by molar-refractivity contribution is 9.10. The summed E-state index contributed by atoms with van der Waals surface area (Å²) in [6.45, 7) is 1.20. The third-order valence-corrected chi connectivity index (χ3v) is 3.43. The highest BCUT2D eigenvalue weighted by atomic mass is 79.9. The SMILES string of the molecule is CN(Cc1ncnn1C)CC(O)c1cccc(Br)c1. The third-order valence-electron chi connectivity index (χ3n) is 2.93. The lowest BCUT2D eigenvalue weighted by molar-refractivity contribution is 0.122. The van der Waals surface area contributed by atoms with Crippen molar-refractivity contribution in [2.45, 2.75) is 12.6 Å². The van der Waals surface area contributed by atoms with E-state index < -0.39 is 6.10 Å². The molecule has 0 radical (unpaired) electrons. The van der Waals surface area contributed by atoms with Crippen molar-refractivity contribution in [3.63, 3.8) is 0 Å². The second-order valence-corrected chi connectivity index (χ2v) is 5.48. The summed E-state index contributed by atoms with van der Waals surface area (Å²) < 4.78 is 2.71. The summed E-state index contributed by atoms with van der Waals surface area (Å²) in [6.07, 6.45) is 1.02. The number of aliphatic hydroxyl groups excluding tert-OH is 1. The van der Waals surface area contributed by atoms with E-state index in [1.165, 1.54) is 6.33 Å². The van der Waals surface area contributed by atoms with Crippen LogP contribution in [0.15, 0.2) is 35.1 Å². The van der Waals surface area contributed by atoms with Crippen molar-refractivity contribution in [1.82, 2.24) is 19.7 Å². The normalized spacial score (nSPS) is 12.9. The zero-order valence-electron chi connectivity index (χ0n) is 11.0. The van der Waals surface area contributed by atoms with E-state index in [2.05, 4.69) is 26.0 Å². The topological polar surface area (TPSA) is 54.2 Å². The molecule has 1 aromatic heterocycles. The zero-order chi connectivity index (χ0) is 13.8. The minimum Gasteiger partial charge on any atom is -0.387 e. The van der Waals surface area contributed by atoms with Crippen molar-refractivity contribution >= 4 is 15.9 Å². The van der Waals surface area contributed by atoms with E-state index in [-0.39, 0.29) is 0 Å². The maximum atomic E-state index is 10.2. The number of benzene rings is 1. The second kappa shape index (κ2) is 6.27. The minimum absolute atomic E-state index is 0.518. The molecule has 0 saturated carbocycles. The molecule has 0 aliphatic heterocycles. The highest BCUT2D eigenvalue weighted by Crippen LogP contribution is 2.19. The Labute approximate surface area is 121 Å². The fraction of sp³-hybridized carbons (Fsp3) is 0.385. The number of hydrogen-bond acceptors (Lipinski definition) is 4. The Bertz CT molecular complexity index is 543. The Morgan fingerprint density at radius 1 is 1.47 bits per heavy atom. The molecule has 5 nitrogen and oxygen atoms in total. The third kappa shape index (κ3) is 3.86. The van der Waals surface area contributed by atoms with Gasteiger partial charge in [-0.25, -0.2) is 4.98 Å². The van der Waals surface area contributed by atoms with Gasteiger partial charge in [0.05, 0.1) is 12.6 Å². The molecule has 0 saturated heterocycles. The number of aryl methyl sites for hydroxylation is 1. The quantitative estimate of drug-likeness (QED) is 0.910. The first kappa shape index (κ1) is 14.2. The van der Waals surface area contributed by atoms with E-state index in [0.717, 1.165) is 15.9 Å². The standard InChI is InChI=1S/C13H17BrN4O/c1-17(8-13-15-9-16-18(13)2)7-12(19)10-4-3-5-11(14)6-10/h3-6,9,12,19H,7-8H2,1-2H3. The Balaban J connectivity index is 1.95. The Morgan fingerprint density at radius 2 is 2.26 bits per heavy atom. The molecule has 0 bridgehead atoms. The summed E-state index contributed by atoms with van der Waals surface area (Å²) in [5.41, 5.74) is 0.902. The number of aromatic nitrogens is 3. The molecule has 1 atom stereocenters. The van der Waals surface area contributed by atoms with Gasteiger partial charge in [0.2, 0.25) is 0 Å². The molecule has 2 aromatic rings. The van der Waals surface area contributed by atoms with Gasteiger partial charge in [-0.3, -0.25) is 9.58 Å². The predicted molar refractivity (Wildman–Crippen MR) is 76.4 cm³/mol. The molecule has 19 heavy (non-hydrogen) atoms. The maximum Gasteiger partial charge on any atom is 0.140 e. The molecule has 1 N–H and O–H groups in total. The molecular formula is C13H17BrN4O. The van der Waals surface area contributed by atoms with Crippen LogP contribution in [0.1, 0.15) is 17.5 Å². The zero-order valence-corrected chi connectivity index (χ0v) is 12.6. The smallest absolute Gasteiger partial charge is 0.140 e. The molecule has 1 unspecified atom stereocenters. The molecule has 0 aliphatic rings. The van der Waals surface area contributed by atoms with Crippen LogP contribution >= 0.6 is 15.9 Å². The van der Waals surface area contributed by atoms with Gasteiger partial charge in [0.15, 0.2) is 0 Å². The van der Waals surface area contributed by atoms with Crippen LogP contribution in [0.2, 0.25) is 0 Å². The molecule has 0 amide bonds. The predicted octanol–water partition coefficient (Wildman–Crippen LogP) is 1.74. The van der Waals surface area contributed by atoms with Crippen LogP contribution in [-0.4, -0.2) is 38.4 Å². The lowest BCUT2D eigenvalue weighted by atomic mass is 10.1. The van der Waals surface area contributed by atoms with Crippen molar-refractivity contribution < 1.29 is 5.11 Å². The van der Waals surface area contributed by atoms with E-state index >= 15 is 0 Å². The van der Waals surface area contributed by atoms with Gasteiger partial charge in [-0.05, 0) is 24.7 Å². The lowest BCUT2D eigenvalue weighted by Gasteiger charge is -2.20. The van der Waals surface area contributed by atoms with E-state index in [1.54, 1.807) is 4.68 Å². The Hall–Kier alpha value is -1.24. The average Bonchev–Trinajstić information content (AvgIpc) is 2.75. The van der Waals surface area contributed by atoms with Crippen molar-refractivity contribution in [2.75, 3.05) is 13.6 Å². The van der Waals surface area contributed by atoms with Crippen LogP contribution in [0, 0.1) is 0 Å². The fourth-order valence-electron chi connectivity index (χ4n) is 1.88. The van der Waals surface area contributed by atoms with Crippen LogP contribution in [0.3, 0.4) is 0 Å². The number of likely N-dealkylation sites (N-methyl/N-ethyl adjacent to an activating group) is 1. The molecule has 2 rings (SSSR count). The van der Waals surface area contributed by atoms with Gasteiger partial charge in [-0.1, -0.05) is 28.1 Å². The average molecular weight is 325 g/mol. The summed E-state index contributed by atoms with van der Waals surface area (Å²) in [5, 5.41) is 14.2. The minimum atomic E-state index is -0.518. The maximum absolute atomic E-state index is 10.2. The van der Waals surface area contributed by atoms with Crippen molar-refractivity contribution in [1.29, 1.82) is 0 Å². The van der Waals surface area contributed by atoms with Crippen molar-refractivity contribution in [3.8, 4) is 0 Å². The van der Waals surface area contributed by atoms with E-state index in [1.807, 2.05) is 43.3 Å².